The molecule has 1 amide bonds. The molecule has 2 rings (SSSR count). The van der Waals surface area contributed by atoms with E-state index in [9.17, 15) is 31.1 Å². The number of nitrogens with zero attached hydrogens (tertiary/aromatic N) is 1. The number of carbonyl (C=O) groups excluding carboxylic acids is 1. The van der Waals surface area contributed by atoms with Gasteiger partial charge in [0, 0.05) is 24.3 Å². The number of nitrogen functional groups attached to an aromatic ring is 1. The van der Waals surface area contributed by atoms with Crippen LogP contribution in [0.5, 0.6) is 0 Å². The van der Waals surface area contributed by atoms with Gasteiger partial charge in [-0.25, -0.2) is 0 Å². The van der Waals surface area contributed by atoms with Crippen molar-refractivity contribution < 1.29 is 31.1 Å². The number of rotatable bonds is 1. The molecule has 0 saturated carbocycles. The first-order chi connectivity index (χ1) is 10.5. The Balaban J connectivity index is 2.15. The third kappa shape index (κ3) is 4.08. The van der Waals surface area contributed by atoms with Crippen LogP contribution in [-0.2, 0) is 6.18 Å². The molecule has 1 saturated heterocycles. The molecule has 1 heterocycles. The SMILES string of the molecule is Nc1cc(C(=O)N2CCC(C(F)(F)F)CC2)cc(C(F)(F)F)c1. The topological polar surface area (TPSA) is 46.3 Å². The van der Waals surface area contributed by atoms with Gasteiger partial charge in [0.25, 0.3) is 5.91 Å². The van der Waals surface area contributed by atoms with Crippen molar-refractivity contribution in [3.05, 3.63) is 29.3 Å². The monoisotopic (exact) mass is 340 g/mol. The Morgan fingerprint density at radius 2 is 1.61 bits per heavy atom. The minimum absolute atomic E-state index is 0.154. The molecule has 0 atom stereocenters. The smallest absolute Gasteiger partial charge is 0.399 e. The fourth-order valence-corrected chi connectivity index (χ4v) is 2.53. The van der Waals surface area contributed by atoms with E-state index in [2.05, 4.69) is 0 Å². The maximum atomic E-state index is 12.7. The maximum absolute atomic E-state index is 12.7. The van der Waals surface area contributed by atoms with Gasteiger partial charge in [-0.1, -0.05) is 0 Å². The van der Waals surface area contributed by atoms with Crippen molar-refractivity contribution in [2.75, 3.05) is 18.8 Å². The fraction of sp³-hybridized carbons (Fsp3) is 0.500. The van der Waals surface area contributed by atoms with Gasteiger partial charge >= 0.3 is 12.4 Å². The minimum Gasteiger partial charge on any atom is -0.399 e. The van der Waals surface area contributed by atoms with E-state index in [-0.39, 0.29) is 37.2 Å². The first-order valence-corrected chi connectivity index (χ1v) is 6.82. The van der Waals surface area contributed by atoms with Crippen molar-refractivity contribution in [3.8, 4) is 0 Å². The van der Waals surface area contributed by atoms with Crippen LogP contribution < -0.4 is 5.73 Å². The quantitative estimate of drug-likeness (QED) is 0.626. The number of anilines is 1. The third-order valence-electron chi connectivity index (χ3n) is 3.77. The van der Waals surface area contributed by atoms with Gasteiger partial charge in [-0.3, -0.25) is 4.79 Å². The summed E-state index contributed by atoms with van der Waals surface area (Å²) < 4.78 is 75.9. The largest absolute Gasteiger partial charge is 0.416 e. The summed E-state index contributed by atoms with van der Waals surface area (Å²) in [6.45, 7) is -0.307. The second kappa shape index (κ2) is 5.93. The Kier molecular flexibility index (Phi) is 4.50. The van der Waals surface area contributed by atoms with E-state index < -0.39 is 29.7 Å². The summed E-state index contributed by atoms with van der Waals surface area (Å²) in [7, 11) is 0. The number of nitrogens with two attached hydrogens (primary N) is 1. The molecule has 1 aromatic carbocycles. The summed E-state index contributed by atoms with van der Waals surface area (Å²) in [5.41, 5.74) is 3.82. The zero-order valence-corrected chi connectivity index (χ0v) is 11.8. The summed E-state index contributed by atoms with van der Waals surface area (Å²) in [6, 6.07) is 2.45. The predicted octanol–water partition coefficient (Wildman–Crippen LogP) is 3.70. The number of carbonyl (C=O) groups is 1. The molecule has 0 aliphatic carbocycles. The number of halogens is 6. The van der Waals surface area contributed by atoms with E-state index in [0.29, 0.717) is 12.1 Å². The fourth-order valence-electron chi connectivity index (χ4n) is 2.53. The lowest BCUT2D eigenvalue weighted by Gasteiger charge is -2.33. The lowest BCUT2D eigenvalue weighted by atomic mass is 9.95. The van der Waals surface area contributed by atoms with Crippen molar-refractivity contribution in [1.29, 1.82) is 0 Å². The van der Waals surface area contributed by atoms with Crippen LogP contribution in [-0.4, -0.2) is 30.1 Å². The van der Waals surface area contributed by atoms with Gasteiger partial charge in [-0.15, -0.1) is 0 Å². The molecule has 1 aromatic rings. The van der Waals surface area contributed by atoms with Crippen LogP contribution in [0.4, 0.5) is 32.0 Å². The number of amides is 1. The molecule has 9 heteroatoms. The summed E-state index contributed by atoms with van der Waals surface area (Å²) in [6.07, 6.45) is -9.50. The molecule has 2 N–H and O–H groups in total. The number of likely N-dealkylation sites (tertiary alicyclic amines) is 1. The lowest BCUT2D eigenvalue weighted by Crippen LogP contribution is -2.42. The average Bonchev–Trinajstić information content (AvgIpc) is 2.44. The highest BCUT2D eigenvalue weighted by atomic mass is 19.4. The second-order valence-corrected chi connectivity index (χ2v) is 5.45. The van der Waals surface area contributed by atoms with Gasteiger partial charge in [-0.05, 0) is 31.0 Å². The van der Waals surface area contributed by atoms with Crippen LogP contribution in [0.25, 0.3) is 0 Å². The zero-order chi connectivity index (χ0) is 17.4. The van der Waals surface area contributed by atoms with E-state index in [1.165, 1.54) is 0 Å². The van der Waals surface area contributed by atoms with Crippen LogP contribution in [0.15, 0.2) is 18.2 Å². The molecule has 0 spiro atoms. The molecule has 0 bridgehead atoms. The van der Waals surface area contributed by atoms with Crippen LogP contribution in [0, 0.1) is 5.92 Å². The van der Waals surface area contributed by atoms with Gasteiger partial charge < -0.3 is 10.6 Å². The molecule has 0 radical (unpaired) electrons. The highest BCUT2D eigenvalue weighted by Gasteiger charge is 2.42. The summed E-state index contributed by atoms with van der Waals surface area (Å²) >= 11 is 0. The Hall–Kier alpha value is -1.93. The standard InChI is InChI=1S/C14H14F6N2O/c15-13(16,17)9-1-3-22(4-2-9)12(23)8-5-10(14(18,19)20)7-11(21)6-8/h5-7,9H,1-4,21H2. The minimum atomic E-state index is -4.66. The first kappa shape index (κ1) is 17.4. The number of piperidine rings is 1. The maximum Gasteiger partial charge on any atom is 0.416 e. The Morgan fingerprint density at radius 3 is 2.09 bits per heavy atom. The molecule has 0 aromatic heterocycles. The van der Waals surface area contributed by atoms with Gasteiger partial charge in [0.1, 0.15) is 0 Å². The van der Waals surface area contributed by atoms with Gasteiger partial charge in [0.2, 0.25) is 0 Å². The summed E-state index contributed by atoms with van der Waals surface area (Å²) in [4.78, 5) is 13.3. The molecular formula is C14H14F6N2O. The molecule has 3 nitrogen and oxygen atoms in total. The molecule has 1 aliphatic rings. The zero-order valence-electron chi connectivity index (χ0n) is 11.8. The Morgan fingerprint density at radius 1 is 1.04 bits per heavy atom. The van der Waals surface area contributed by atoms with Crippen LogP contribution in [0.2, 0.25) is 0 Å². The predicted molar refractivity (Wildman–Crippen MR) is 70.5 cm³/mol. The van der Waals surface area contributed by atoms with Gasteiger partial charge in [0.05, 0.1) is 11.5 Å². The third-order valence-corrected chi connectivity index (χ3v) is 3.77. The number of hydrogen-bond donors (Lipinski definition) is 1. The van der Waals surface area contributed by atoms with E-state index >= 15 is 0 Å². The van der Waals surface area contributed by atoms with Crippen molar-refractivity contribution >= 4 is 11.6 Å². The van der Waals surface area contributed by atoms with Crippen LogP contribution >= 0.6 is 0 Å². The Labute approximate surface area is 128 Å². The van der Waals surface area contributed by atoms with E-state index in [1.807, 2.05) is 0 Å². The number of alkyl halides is 6. The van der Waals surface area contributed by atoms with Gasteiger partial charge in [0.15, 0.2) is 0 Å². The average molecular weight is 340 g/mol. The molecule has 0 unspecified atom stereocenters. The highest BCUT2D eigenvalue weighted by molar-refractivity contribution is 5.95. The molecular weight excluding hydrogens is 326 g/mol. The van der Waals surface area contributed by atoms with Crippen molar-refractivity contribution in [3.63, 3.8) is 0 Å². The van der Waals surface area contributed by atoms with E-state index in [1.54, 1.807) is 0 Å². The molecule has 23 heavy (non-hydrogen) atoms. The number of benzene rings is 1. The van der Waals surface area contributed by atoms with E-state index in [0.717, 1.165) is 11.0 Å². The van der Waals surface area contributed by atoms with Crippen LogP contribution in [0.1, 0.15) is 28.8 Å². The number of hydrogen-bond acceptors (Lipinski definition) is 2. The van der Waals surface area contributed by atoms with Crippen molar-refractivity contribution in [2.45, 2.75) is 25.2 Å². The summed E-state index contributed by atoms with van der Waals surface area (Å²) in [5, 5.41) is 0. The lowest BCUT2D eigenvalue weighted by molar-refractivity contribution is -0.183. The summed E-state index contributed by atoms with van der Waals surface area (Å²) in [5.74, 6) is -2.23. The first-order valence-electron chi connectivity index (χ1n) is 6.82. The van der Waals surface area contributed by atoms with Crippen molar-refractivity contribution in [2.24, 2.45) is 5.92 Å². The van der Waals surface area contributed by atoms with Crippen LogP contribution in [0.3, 0.4) is 0 Å². The molecule has 1 fully saturated rings. The van der Waals surface area contributed by atoms with Crippen molar-refractivity contribution in [1.82, 2.24) is 4.90 Å². The Bertz CT molecular complexity index is 588. The molecule has 128 valence electrons. The van der Waals surface area contributed by atoms with Gasteiger partial charge in [-0.2, -0.15) is 26.3 Å². The normalized spacial score (nSPS) is 17.4. The van der Waals surface area contributed by atoms with E-state index in [4.69, 9.17) is 5.73 Å². The molecule has 1 aliphatic heterocycles. The highest BCUT2D eigenvalue weighted by Crippen LogP contribution is 2.35. The second-order valence-electron chi connectivity index (χ2n) is 5.45.